The third-order valence-electron chi connectivity index (χ3n) is 5.25. The highest BCUT2D eigenvalue weighted by molar-refractivity contribution is 5.83. The van der Waals surface area contributed by atoms with Crippen LogP contribution in [-0.4, -0.2) is 36.0 Å². The Morgan fingerprint density at radius 1 is 1.32 bits per heavy atom. The fourth-order valence-corrected chi connectivity index (χ4v) is 3.42. The van der Waals surface area contributed by atoms with Gasteiger partial charge in [0, 0.05) is 25.6 Å². The van der Waals surface area contributed by atoms with Gasteiger partial charge in [-0.15, -0.1) is 0 Å². The molecule has 3 rings (SSSR count). The molecule has 1 aromatic carbocycles. The summed E-state index contributed by atoms with van der Waals surface area (Å²) in [5, 5.41) is 0. The number of likely N-dealkylation sites (tertiary alicyclic amines) is 1. The number of fused-ring (bicyclic) bond motifs is 1. The summed E-state index contributed by atoms with van der Waals surface area (Å²) >= 11 is 0. The summed E-state index contributed by atoms with van der Waals surface area (Å²) in [4.78, 5) is 14.7. The quantitative estimate of drug-likeness (QED) is 0.865. The number of ether oxygens (including phenoxy) is 1. The average molecular weight is 302 g/mol. The maximum absolute atomic E-state index is 12.8. The third-order valence-corrected chi connectivity index (χ3v) is 5.25. The van der Waals surface area contributed by atoms with Gasteiger partial charge in [-0.05, 0) is 48.4 Å². The van der Waals surface area contributed by atoms with Gasteiger partial charge in [0.1, 0.15) is 5.75 Å². The molecule has 0 spiro atoms. The fraction of sp³-hybridized carbons (Fsp3) is 0.611. The van der Waals surface area contributed by atoms with Crippen LogP contribution < -0.4 is 10.5 Å². The lowest BCUT2D eigenvalue weighted by atomic mass is 9.79. The highest BCUT2D eigenvalue weighted by Crippen LogP contribution is 2.34. The van der Waals surface area contributed by atoms with Crippen molar-refractivity contribution in [2.45, 2.75) is 52.7 Å². The lowest BCUT2D eigenvalue weighted by molar-refractivity contribution is -0.141. The number of carbonyl (C=O) groups is 1. The highest BCUT2D eigenvalue weighted by Gasteiger charge is 2.39. The number of piperidine rings is 1. The Labute approximate surface area is 132 Å². The maximum atomic E-state index is 12.8. The van der Waals surface area contributed by atoms with Crippen molar-refractivity contribution in [1.82, 2.24) is 4.90 Å². The molecule has 0 bridgehead atoms. The minimum absolute atomic E-state index is 0.0352. The second-order valence-corrected chi connectivity index (χ2v) is 7.50. The molecule has 2 unspecified atom stereocenters. The molecule has 0 radical (unpaired) electrons. The Balaban J connectivity index is 1.73. The van der Waals surface area contributed by atoms with Gasteiger partial charge in [0.2, 0.25) is 0 Å². The molecule has 2 N–H and O–H groups in total. The molecular weight excluding hydrogens is 276 g/mol. The minimum atomic E-state index is -0.374. The predicted octanol–water partition coefficient (Wildman–Crippen LogP) is 2.19. The van der Waals surface area contributed by atoms with E-state index < -0.39 is 0 Å². The number of hydrogen-bond acceptors (Lipinski definition) is 3. The van der Waals surface area contributed by atoms with Crippen LogP contribution in [0.1, 0.15) is 37.0 Å². The lowest BCUT2D eigenvalue weighted by Gasteiger charge is -2.43. The molecule has 2 heterocycles. The monoisotopic (exact) mass is 302 g/mol. The van der Waals surface area contributed by atoms with Crippen molar-refractivity contribution in [3.8, 4) is 5.75 Å². The van der Waals surface area contributed by atoms with Crippen LogP contribution >= 0.6 is 0 Å². The molecule has 1 saturated heterocycles. The van der Waals surface area contributed by atoms with Crippen molar-refractivity contribution < 1.29 is 9.53 Å². The van der Waals surface area contributed by atoms with E-state index >= 15 is 0 Å². The van der Waals surface area contributed by atoms with E-state index in [4.69, 9.17) is 10.5 Å². The molecule has 0 aliphatic carbocycles. The van der Waals surface area contributed by atoms with Crippen molar-refractivity contribution in [1.29, 1.82) is 0 Å². The number of amides is 1. The first-order valence-electron chi connectivity index (χ1n) is 8.09. The number of benzene rings is 1. The Hall–Kier alpha value is -1.55. The number of carbonyl (C=O) groups excluding carboxylic acids is 1. The van der Waals surface area contributed by atoms with Crippen molar-refractivity contribution in [3.63, 3.8) is 0 Å². The molecule has 120 valence electrons. The zero-order chi connectivity index (χ0) is 16.1. The van der Waals surface area contributed by atoms with E-state index in [-0.39, 0.29) is 23.5 Å². The van der Waals surface area contributed by atoms with Crippen LogP contribution in [-0.2, 0) is 11.2 Å². The molecule has 1 fully saturated rings. The highest BCUT2D eigenvalue weighted by atomic mass is 16.5. The molecule has 1 amide bonds. The van der Waals surface area contributed by atoms with Gasteiger partial charge in [0.25, 0.3) is 5.91 Å². The van der Waals surface area contributed by atoms with Crippen LogP contribution in [0, 0.1) is 19.3 Å². The van der Waals surface area contributed by atoms with E-state index in [1.807, 2.05) is 11.0 Å². The molecule has 2 atom stereocenters. The van der Waals surface area contributed by atoms with Gasteiger partial charge >= 0.3 is 0 Å². The van der Waals surface area contributed by atoms with E-state index in [1.165, 1.54) is 11.1 Å². The molecule has 2 aliphatic rings. The molecular formula is C18H26N2O2. The molecule has 0 saturated carbocycles. The van der Waals surface area contributed by atoms with Crippen LogP contribution in [0.2, 0.25) is 0 Å². The van der Waals surface area contributed by atoms with E-state index in [0.29, 0.717) is 13.0 Å². The van der Waals surface area contributed by atoms with Crippen LogP contribution in [0.15, 0.2) is 12.1 Å². The Morgan fingerprint density at radius 2 is 2.00 bits per heavy atom. The molecule has 4 heteroatoms. The van der Waals surface area contributed by atoms with Crippen molar-refractivity contribution in [2.75, 3.05) is 13.1 Å². The second kappa shape index (κ2) is 5.27. The van der Waals surface area contributed by atoms with Gasteiger partial charge in [0.05, 0.1) is 0 Å². The molecule has 4 nitrogen and oxygen atoms in total. The van der Waals surface area contributed by atoms with Crippen molar-refractivity contribution in [2.24, 2.45) is 11.1 Å². The van der Waals surface area contributed by atoms with E-state index in [0.717, 1.165) is 24.3 Å². The Kier molecular flexibility index (Phi) is 3.68. The average Bonchev–Trinajstić information content (AvgIpc) is 2.84. The zero-order valence-corrected chi connectivity index (χ0v) is 14.0. The molecule has 0 aromatic heterocycles. The number of nitrogens with two attached hydrogens (primary N) is 1. The van der Waals surface area contributed by atoms with Crippen molar-refractivity contribution in [3.05, 3.63) is 28.8 Å². The summed E-state index contributed by atoms with van der Waals surface area (Å²) in [5.41, 5.74) is 9.73. The summed E-state index contributed by atoms with van der Waals surface area (Å²) in [6.45, 7) is 9.88. The van der Waals surface area contributed by atoms with Crippen LogP contribution in [0.5, 0.6) is 5.75 Å². The summed E-state index contributed by atoms with van der Waals surface area (Å²) in [5.74, 6) is 0.973. The molecule has 2 aliphatic heterocycles. The fourth-order valence-electron chi connectivity index (χ4n) is 3.42. The number of rotatable bonds is 1. The largest absolute Gasteiger partial charge is 0.480 e. The predicted molar refractivity (Wildman–Crippen MR) is 87.0 cm³/mol. The first-order valence-corrected chi connectivity index (χ1v) is 8.09. The lowest BCUT2D eigenvalue weighted by Crippen LogP contribution is -2.56. The smallest absolute Gasteiger partial charge is 0.264 e. The van der Waals surface area contributed by atoms with Gasteiger partial charge in [-0.2, -0.15) is 0 Å². The van der Waals surface area contributed by atoms with Crippen LogP contribution in [0.3, 0.4) is 0 Å². The van der Waals surface area contributed by atoms with Crippen LogP contribution in [0.4, 0.5) is 0 Å². The number of nitrogens with zero attached hydrogens (tertiary/aromatic N) is 1. The summed E-state index contributed by atoms with van der Waals surface area (Å²) < 4.78 is 5.93. The maximum Gasteiger partial charge on any atom is 0.264 e. The normalized spacial score (nSPS) is 26.5. The van der Waals surface area contributed by atoms with Crippen LogP contribution in [0.25, 0.3) is 0 Å². The Morgan fingerprint density at radius 3 is 2.68 bits per heavy atom. The summed E-state index contributed by atoms with van der Waals surface area (Å²) in [6, 6.07) is 4.35. The Bertz CT molecular complexity index is 578. The van der Waals surface area contributed by atoms with Gasteiger partial charge < -0.3 is 15.4 Å². The van der Waals surface area contributed by atoms with Crippen molar-refractivity contribution >= 4 is 5.91 Å². The summed E-state index contributed by atoms with van der Waals surface area (Å²) in [6.07, 6.45) is 1.16. The van der Waals surface area contributed by atoms with Gasteiger partial charge in [-0.1, -0.05) is 19.9 Å². The number of aryl methyl sites for hydroxylation is 2. The van der Waals surface area contributed by atoms with E-state index in [1.54, 1.807) is 0 Å². The van der Waals surface area contributed by atoms with E-state index in [2.05, 4.69) is 33.8 Å². The molecule has 1 aromatic rings. The van der Waals surface area contributed by atoms with Gasteiger partial charge in [-0.25, -0.2) is 0 Å². The third kappa shape index (κ3) is 2.60. The topological polar surface area (TPSA) is 55.6 Å². The van der Waals surface area contributed by atoms with Gasteiger partial charge in [-0.3, -0.25) is 4.79 Å². The van der Waals surface area contributed by atoms with E-state index in [9.17, 15) is 4.79 Å². The zero-order valence-electron chi connectivity index (χ0n) is 14.0. The summed E-state index contributed by atoms with van der Waals surface area (Å²) in [7, 11) is 0. The molecule has 22 heavy (non-hydrogen) atoms. The second-order valence-electron chi connectivity index (χ2n) is 7.50. The van der Waals surface area contributed by atoms with Gasteiger partial charge in [0.15, 0.2) is 6.10 Å². The minimum Gasteiger partial charge on any atom is -0.480 e. The number of hydrogen-bond donors (Lipinski definition) is 1. The SMILES string of the molecule is Cc1cc2c(cc1C)OC(C(=O)N1CCC(N)C(C)(C)C1)C2. The standard InChI is InChI=1S/C18H26N2O2/c1-11-7-13-9-15(22-14(13)8-12(11)2)17(21)20-6-5-16(19)18(3,4)10-20/h7-8,15-16H,5-6,9-10,19H2,1-4H3. The first-order chi connectivity index (χ1) is 10.3. The first kappa shape index (κ1) is 15.3.